The van der Waals surface area contributed by atoms with Crippen molar-refractivity contribution in [2.75, 3.05) is 33.3 Å². The number of ether oxygens (including phenoxy) is 1. The molecule has 1 N–H and O–H groups in total. The molecule has 0 spiro atoms. The van der Waals surface area contributed by atoms with Gasteiger partial charge in [0.2, 0.25) is 0 Å². The molecular weight excluding hydrogens is 307 g/mol. The molecule has 0 aromatic rings. The van der Waals surface area contributed by atoms with Crippen LogP contribution in [0.25, 0.3) is 0 Å². The van der Waals surface area contributed by atoms with E-state index in [1.165, 1.54) is 0 Å². The van der Waals surface area contributed by atoms with E-state index in [1.807, 2.05) is 0 Å². The normalized spacial score (nSPS) is 4.11. The molecule has 0 aliphatic heterocycles. The van der Waals surface area contributed by atoms with Gasteiger partial charge in [-0.3, -0.25) is 0 Å². The molecule has 0 aliphatic carbocycles. The summed E-state index contributed by atoms with van der Waals surface area (Å²) >= 11 is 3.13. The molecule has 3 nitrogen and oxygen atoms in total. The second-order valence-corrected chi connectivity index (χ2v) is 1.83. The van der Waals surface area contributed by atoms with Gasteiger partial charge < -0.3 is 14.9 Å². The van der Waals surface area contributed by atoms with Gasteiger partial charge in [0.15, 0.2) is 0 Å². The predicted molar refractivity (Wildman–Crippen MR) is 87.1 cm³/mol. The standard InChI is InChI=1S/C4H8O.C3H5Br.CH4O.CH3O.4CH4.Na/c1-3-4-5-2;1-2-3-4;2*1-2;;;;;/h3H,1,4H2,2H3;2H,1,3H2;2H,1H3;1H3;4*1H4;/q;;;-1;;;;;+1. The van der Waals surface area contributed by atoms with Crippen molar-refractivity contribution in [3.05, 3.63) is 25.3 Å². The molecule has 0 aliphatic rings. The van der Waals surface area contributed by atoms with Crippen LogP contribution in [-0.4, -0.2) is 38.4 Å². The van der Waals surface area contributed by atoms with Gasteiger partial charge in [-0.05, 0) is 0 Å². The van der Waals surface area contributed by atoms with Crippen LogP contribution in [0.15, 0.2) is 25.3 Å². The Hall–Kier alpha value is 0.840. The molecule has 0 fully saturated rings. The first kappa shape index (κ1) is 61.9. The molecule has 0 atom stereocenters. The summed E-state index contributed by atoms with van der Waals surface area (Å²) in [5.74, 6) is 0. The molecule has 0 radical (unpaired) electrons. The van der Waals surface area contributed by atoms with Crippen molar-refractivity contribution in [1.29, 1.82) is 0 Å². The van der Waals surface area contributed by atoms with Gasteiger partial charge in [-0.2, -0.15) is 7.11 Å². The van der Waals surface area contributed by atoms with Crippen LogP contribution in [-0.2, 0) is 4.74 Å². The minimum atomic E-state index is 0. The molecule has 0 saturated heterocycles. The molecule has 0 unspecified atom stereocenters. The fraction of sp³-hybridized carbons (Fsp3) is 0.692. The number of hydrogen-bond donors (Lipinski definition) is 1. The van der Waals surface area contributed by atoms with Gasteiger partial charge >= 0.3 is 29.6 Å². The molecular formula is C13H36BrNaO3. The quantitative estimate of drug-likeness (QED) is 0.462. The van der Waals surface area contributed by atoms with E-state index in [1.54, 1.807) is 19.3 Å². The summed E-state index contributed by atoms with van der Waals surface area (Å²) in [6, 6.07) is 0. The average molecular weight is 343 g/mol. The molecule has 0 amide bonds. The van der Waals surface area contributed by atoms with E-state index in [0.29, 0.717) is 6.61 Å². The molecule has 0 aromatic heterocycles. The van der Waals surface area contributed by atoms with Crippen molar-refractivity contribution < 1.29 is 44.5 Å². The molecule has 0 bridgehead atoms. The summed E-state index contributed by atoms with van der Waals surface area (Å²) in [7, 11) is 3.39. The number of aliphatic hydroxyl groups excluding tert-OH is 1. The van der Waals surface area contributed by atoms with E-state index in [4.69, 9.17) is 10.2 Å². The zero-order valence-corrected chi connectivity index (χ0v) is 13.2. The second kappa shape index (κ2) is 148. The van der Waals surface area contributed by atoms with Gasteiger partial charge in [0.25, 0.3) is 0 Å². The Labute approximate surface area is 148 Å². The van der Waals surface area contributed by atoms with Crippen LogP contribution in [0.4, 0.5) is 0 Å². The average Bonchev–Trinajstić information content (AvgIpc) is 2.25. The van der Waals surface area contributed by atoms with Crippen molar-refractivity contribution in [3.8, 4) is 0 Å². The Morgan fingerprint density at radius 3 is 1.28 bits per heavy atom. The maximum Gasteiger partial charge on any atom is 1.00 e. The third kappa shape index (κ3) is 287. The van der Waals surface area contributed by atoms with Crippen LogP contribution in [0.1, 0.15) is 29.7 Å². The van der Waals surface area contributed by atoms with E-state index in [0.717, 1.165) is 19.5 Å². The van der Waals surface area contributed by atoms with Gasteiger partial charge in [0.05, 0.1) is 6.61 Å². The molecule has 0 heterocycles. The van der Waals surface area contributed by atoms with Crippen molar-refractivity contribution >= 4 is 15.9 Å². The first-order chi connectivity index (χ1) is 6.33. The Bertz CT molecular complexity index is 75.3. The Morgan fingerprint density at radius 2 is 1.28 bits per heavy atom. The summed E-state index contributed by atoms with van der Waals surface area (Å²) in [6.45, 7) is 7.51. The maximum absolute atomic E-state index is 8.25. The van der Waals surface area contributed by atoms with Crippen LogP contribution >= 0.6 is 15.9 Å². The number of halogens is 1. The number of hydrogen-bond acceptors (Lipinski definition) is 3. The van der Waals surface area contributed by atoms with Gasteiger partial charge in [-0.1, -0.05) is 57.8 Å². The minimum Gasteiger partial charge on any atom is -0.857 e. The van der Waals surface area contributed by atoms with Crippen molar-refractivity contribution in [1.82, 2.24) is 0 Å². The molecule has 5 heteroatoms. The van der Waals surface area contributed by atoms with Gasteiger partial charge in [0.1, 0.15) is 0 Å². The first-order valence-corrected chi connectivity index (χ1v) is 4.57. The number of methoxy groups -OCH3 is 1. The van der Waals surface area contributed by atoms with Crippen LogP contribution in [0, 0.1) is 0 Å². The van der Waals surface area contributed by atoms with E-state index >= 15 is 0 Å². The predicted octanol–water partition coefficient (Wildman–Crippen LogP) is 0.520. The molecule has 18 heavy (non-hydrogen) atoms. The minimum absolute atomic E-state index is 0. The monoisotopic (exact) mass is 342 g/mol. The Balaban J connectivity index is -0.00000000832. The Kier molecular flexibility index (Phi) is 510. The Morgan fingerprint density at radius 1 is 1.06 bits per heavy atom. The summed E-state index contributed by atoms with van der Waals surface area (Å²) < 4.78 is 4.57. The smallest absolute Gasteiger partial charge is 0.857 e. The number of rotatable bonds is 3. The van der Waals surface area contributed by atoms with Crippen molar-refractivity contribution in [2.45, 2.75) is 29.7 Å². The fourth-order valence-corrected chi connectivity index (χ4v) is 0.118. The fourth-order valence-electron chi connectivity index (χ4n) is 0.118. The van der Waals surface area contributed by atoms with Gasteiger partial charge in [0, 0.05) is 19.5 Å². The first-order valence-electron chi connectivity index (χ1n) is 3.45. The molecule has 0 saturated carbocycles. The topological polar surface area (TPSA) is 52.5 Å². The number of alkyl halides is 1. The van der Waals surface area contributed by atoms with Gasteiger partial charge in [-0.15, -0.1) is 13.2 Å². The van der Waals surface area contributed by atoms with E-state index < -0.39 is 0 Å². The number of aliphatic hydroxyl groups is 1. The maximum atomic E-state index is 8.25. The van der Waals surface area contributed by atoms with E-state index in [9.17, 15) is 0 Å². The summed E-state index contributed by atoms with van der Waals surface area (Å²) in [6.07, 6.45) is 3.50. The summed E-state index contributed by atoms with van der Waals surface area (Å²) in [5, 5.41) is 16.1. The van der Waals surface area contributed by atoms with E-state index in [-0.39, 0.29) is 59.3 Å². The number of allylic oxidation sites excluding steroid dienone is 1. The SMILES string of the molecule is C.C.C.C.C=CCBr.C=CCOC.CO.C[O-].[Na+]. The third-order valence-electron chi connectivity index (χ3n) is 0.394. The zero-order valence-electron chi connectivity index (χ0n) is 9.62. The van der Waals surface area contributed by atoms with Crippen LogP contribution < -0.4 is 34.7 Å². The zero-order chi connectivity index (χ0) is 11.5. The van der Waals surface area contributed by atoms with Crippen LogP contribution in [0.3, 0.4) is 0 Å². The molecule has 0 rings (SSSR count). The second-order valence-electron chi connectivity index (χ2n) is 1.19. The summed E-state index contributed by atoms with van der Waals surface area (Å²) in [4.78, 5) is 0. The molecule has 0 aromatic carbocycles. The third-order valence-corrected chi connectivity index (χ3v) is 0.851. The molecule has 114 valence electrons. The largest absolute Gasteiger partial charge is 1.00 e. The van der Waals surface area contributed by atoms with Crippen molar-refractivity contribution in [3.63, 3.8) is 0 Å². The van der Waals surface area contributed by atoms with Crippen LogP contribution in [0.2, 0.25) is 0 Å². The van der Waals surface area contributed by atoms with E-state index in [2.05, 4.69) is 33.8 Å². The van der Waals surface area contributed by atoms with Gasteiger partial charge in [-0.25, -0.2) is 0 Å². The van der Waals surface area contributed by atoms with Crippen LogP contribution in [0.5, 0.6) is 0 Å². The summed E-state index contributed by atoms with van der Waals surface area (Å²) in [5.41, 5.74) is 0. The van der Waals surface area contributed by atoms with Crippen molar-refractivity contribution in [2.24, 2.45) is 0 Å².